The fourth-order valence-corrected chi connectivity index (χ4v) is 4.03. The van der Waals surface area contributed by atoms with Crippen LogP contribution >= 0.6 is 11.3 Å². The summed E-state index contributed by atoms with van der Waals surface area (Å²) in [7, 11) is 0. The maximum atomic E-state index is 12.8. The van der Waals surface area contributed by atoms with E-state index >= 15 is 0 Å². The zero-order valence-corrected chi connectivity index (χ0v) is 17.0. The van der Waals surface area contributed by atoms with Crippen LogP contribution in [0.1, 0.15) is 11.1 Å². The number of aromatic nitrogens is 3. The van der Waals surface area contributed by atoms with E-state index in [4.69, 9.17) is 4.74 Å². The molecule has 0 radical (unpaired) electrons. The highest BCUT2D eigenvalue weighted by atomic mass is 32.1. The molecule has 5 nitrogen and oxygen atoms in total. The third-order valence-electron chi connectivity index (χ3n) is 4.66. The van der Waals surface area contributed by atoms with Gasteiger partial charge >= 0.3 is 0 Å². The van der Waals surface area contributed by atoms with Crippen LogP contribution in [0, 0.1) is 6.92 Å². The van der Waals surface area contributed by atoms with Gasteiger partial charge in [-0.25, -0.2) is 0 Å². The molecule has 0 N–H and O–H groups in total. The Bertz CT molecular complexity index is 1440. The summed E-state index contributed by atoms with van der Waals surface area (Å²) in [5.74, 6) is 1.83. The standard InChI is InChI=1S/C24H17N3O2S/c1-16-11-13-17(14-12-16)15-21-23(28)27-24(30-21)25-22(26-27)19-9-5-6-10-20(19)29-18-7-3-2-4-8-18/h2-15H,1H3/b21-15-. The van der Waals surface area contributed by atoms with Gasteiger partial charge in [-0.2, -0.15) is 9.50 Å². The number of hydrogen-bond donors (Lipinski definition) is 0. The zero-order valence-electron chi connectivity index (χ0n) is 16.1. The van der Waals surface area contributed by atoms with Crippen molar-refractivity contribution >= 4 is 22.4 Å². The normalized spacial score (nSPS) is 11.8. The second-order valence-corrected chi connectivity index (χ2v) is 7.88. The largest absolute Gasteiger partial charge is 0.457 e. The van der Waals surface area contributed by atoms with Crippen LogP contribution in [0.2, 0.25) is 0 Å². The molecule has 5 rings (SSSR count). The molecule has 0 amide bonds. The highest BCUT2D eigenvalue weighted by Crippen LogP contribution is 2.31. The van der Waals surface area contributed by atoms with E-state index in [0.29, 0.717) is 21.1 Å². The summed E-state index contributed by atoms with van der Waals surface area (Å²) in [6, 6.07) is 25.1. The SMILES string of the molecule is Cc1ccc(/C=c2\sc3nc(-c4ccccc4Oc4ccccc4)nn3c2=O)cc1. The number of nitrogens with zero attached hydrogens (tertiary/aromatic N) is 3. The third-order valence-corrected chi connectivity index (χ3v) is 5.62. The van der Waals surface area contributed by atoms with E-state index in [1.807, 2.05) is 91.9 Å². The fourth-order valence-electron chi connectivity index (χ4n) is 3.12. The molecule has 2 aromatic heterocycles. The van der Waals surface area contributed by atoms with Crippen molar-refractivity contribution in [2.75, 3.05) is 0 Å². The molecule has 3 aromatic carbocycles. The Morgan fingerprint density at radius 2 is 1.67 bits per heavy atom. The first-order chi connectivity index (χ1) is 14.7. The van der Waals surface area contributed by atoms with Gasteiger partial charge in [0.05, 0.1) is 10.1 Å². The van der Waals surface area contributed by atoms with Crippen LogP contribution in [-0.2, 0) is 0 Å². The topological polar surface area (TPSA) is 56.5 Å². The van der Waals surface area contributed by atoms with Gasteiger partial charge < -0.3 is 4.74 Å². The Hall–Kier alpha value is -3.77. The van der Waals surface area contributed by atoms with Crippen LogP contribution in [0.15, 0.2) is 83.7 Å². The van der Waals surface area contributed by atoms with E-state index in [0.717, 1.165) is 16.9 Å². The van der Waals surface area contributed by atoms with Gasteiger partial charge in [0.2, 0.25) is 4.96 Å². The van der Waals surface area contributed by atoms with Crippen LogP contribution in [-0.4, -0.2) is 14.6 Å². The highest BCUT2D eigenvalue weighted by Gasteiger charge is 2.15. The number of benzene rings is 3. The maximum Gasteiger partial charge on any atom is 0.291 e. The quantitative estimate of drug-likeness (QED) is 0.438. The second kappa shape index (κ2) is 7.57. The molecule has 0 saturated carbocycles. The first kappa shape index (κ1) is 18.3. The number of para-hydroxylation sites is 2. The van der Waals surface area contributed by atoms with E-state index in [-0.39, 0.29) is 5.56 Å². The predicted octanol–water partition coefficient (Wildman–Crippen LogP) is 4.47. The Kier molecular flexibility index (Phi) is 4.61. The number of thiazole rings is 1. The lowest BCUT2D eigenvalue weighted by Gasteiger charge is -2.08. The molecule has 2 heterocycles. The molecule has 0 fully saturated rings. The molecular formula is C24H17N3O2S. The van der Waals surface area contributed by atoms with Gasteiger partial charge in [0.25, 0.3) is 5.56 Å². The molecule has 0 aliphatic rings. The summed E-state index contributed by atoms with van der Waals surface area (Å²) in [4.78, 5) is 18.0. The van der Waals surface area contributed by atoms with Crippen LogP contribution < -0.4 is 14.8 Å². The molecule has 0 unspecified atom stereocenters. The second-order valence-electron chi connectivity index (χ2n) is 6.87. The summed E-state index contributed by atoms with van der Waals surface area (Å²) >= 11 is 1.33. The maximum absolute atomic E-state index is 12.8. The molecule has 6 heteroatoms. The number of fused-ring (bicyclic) bond motifs is 1. The molecule has 0 atom stereocenters. The number of hydrogen-bond acceptors (Lipinski definition) is 5. The number of rotatable bonds is 4. The molecule has 0 aliphatic heterocycles. The summed E-state index contributed by atoms with van der Waals surface area (Å²) < 4.78 is 7.98. The minimum atomic E-state index is -0.171. The molecular weight excluding hydrogens is 394 g/mol. The van der Waals surface area contributed by atoms with Crippen LogP contribution in [0.5, 0.6) is 11.5 Å². The molecule has 0 spiro atoms. The third kappa shape index (κ3) is 3.49. The van der Waals surface area contributed by atoms with Crippen molar-refractivity contribution in [3.8, 4) is 22.9 Å². The van der Waals surface area contributed by atoms with Crippen molar-refractivity contribution in [2.45, 2.75) is 6.92 Å². The van der Waals surface area contributed by atoms with E-state index in [9.17, 15) is 4.79 Å². The van der Waals surface area contributed by atoms with Crippen molar-refractivity contribution in [1.29, 1.82) is 0 Å². The molecule has 0 bridgehead atoms. The lowest BCUT2D eigenvalue weighted by atomic mass is 10.1. The van der Waals surface area contributed by atoms with Crippen LogP contribution in [0.3, 0.4) is 0 Å². The lowest BCUT2D eigenvalue weighted by Crippen LogP contribution is -2.23. The summed E-state index contributed by atoms with van der Waals surface area (Å²) in [5, 5.41) is 4.46. The molecule has 5 aromatic rings. The Morgan fingerprint density at radius 1 is 0.933 bits per heavy atom. The summed E-state index contributed by atoms with van der Waals surface area (Å²) in [6.45, 7) is 2.03. The van der Waals surface area contributed by atoms with Gasteiger partial charge in [-0.1, -0.05) is 71.5 Å². The zero-order chi connectivity index (χ0) is 20.5. The number of ether oxygens (including phenoxy) is 1. The van der Waals surface area contributed by atoms with Crippen molar-refractivity contribution in [3.05, 3.63) is 105 Å². The average Bonchev–Trinajstić information content (AvgIpc) is 3.30. The van der Waals surface area contributed by atoms with Crippen molar-refractivity contribution < 1.29 is 4.74 Å². The predicted molar refractivity (Wildman–Crippen MR) is 119 cm³/mol. The van der Waals surface area contributed by atoms with Crippen molar-refractivity contribution in [1.82, 2.24) is 14.6 Å². The van der Waals surface area contributed by atoms with Gasteiger partial charge in [-0.3, -0.25) is 4.79 Å². The molecule has 0 saturated heterocycles. The van der Waals surface area contributed by atoms with Gasteiger partial charge in [-0.05, 0) is 42.8 Å². The van der Waals surface area contributed by atoms with Crippen molar-refractivity contribution in [2.24, 2.45) is 0 Å². The summed E-state index contributed by atoms with van der Waals surface area (Å²) in [5.41, 5.74) is 2.72. The Morgan fingerprint density at radius 3 is 2.43 bits per heavy atom. The Labute approximate surface area is 176 Å². The van der Waals surface area contributed by atoms with Gasteiger partial charge in [-0.15, -0.1) is 5.10 Å². The minimum absolute atomic E-state index is 0.171. The van der Waals surface area contributed by atoms with Crippen molar-refractivity contribution in [3.63, 3.8) is 0 Å². The average molecular weight is 411 g/mol. The first-order valence-electron chi connectivity index (χ1n) is 9.48. The van der Waals surface area contributed by atoms with E-state index in [1.54, 1.807) is 0 Å². The van der Waals surface area contributed by atoms with Crippen LogP contribution in [0.4, 0.5) is 0 Å². The fraction of sp³-hybridized carbons (Fsp3) is 0.0417. The summed E-state index contributed by atoms with van der Waals surface area (Å²) in [6.07, 6.45) is 1.87. The molecule has 0 aliphatic carbocycles. The molecule has 146 valence electrons. The minimum Gasteiger partial charge on any atom is -0.457 e. The van der Waals surface area contributed by atoms with Gasteiger partial charge in [0.1, 0.15) is 11.5 Å². The van der Waals surface area contributed by atoms with Gasteiger partial charge in [0.15, 0.2) is 5.82 Å². The van der Waals surface area contributed by atoms with Gasteiger partial charge in [0, 0.05) is 0 Å². The smallest absolute Gasteiger partial charge is 0.291 e. The van der Waals surface area contributed by atoms with Crippen LogP contribution in [0.25, 0.3) is 22.4 Å². The number of aryl methyl sites for hydroxylation is 1. The monoisotopic (exact) mass is 411 g/mol. The highest BCUT2D eigenvalue weighted by molar-refractivity contribution is 7.15. The first-order valence-corrected chi connectivity index (χ1v) is 10.3. The Balaban J connectivity index is 1.54. The van der Waals surface area contributed by atoms with E-state index in [1.165, 1.54) is 21.4 Å². The molecule has 30 heavy (non-hydrogen) atoms. The van der Waals surface area contributed by atoms with E-state index in [2.05, 4.69) is 10.1 Å². The lowest BCUT2D eigenvalue weighted by molar-refractivity contribution is 0.484. The van der Waals surface area contributed by atoms with E-state index < -0.39 is 0 Å².